The number of hydrogen-bond acceptors (Lipinski definition) is 4. The molecule has 0 fully saturated rings. The van der Waals surface area contributed by atoms with Crippen LogP contribution in [0.3, 0.4) is 0 Å². The highest BCUT2D eigenvalue weighted by Crippen LogP contribution is 2.25. The summed E-state index contributed by atoms with van der Waals surface area (Å²) in [4.78, 5) is 28.1. The lowest BCUT2D eigenvalue weighted by Crippen LogP contribution is -2.34. The number of aryl methyl sites for hydroxylation is 1. The molecule has 2 heterocycles. The van der Waals surface area contributed by atoms with Crippen molar-refractivity contribution in [3.05, 3.63) is 83.9 Å². The molecule has 0 atom stereocenters. The summed E-state index contributed by atoms with van der Waals surface area (Å²) in [5.41, 5.74) is 3.30. The zero-order valence-corrected chi connectivity index (χ0v) is 20.2. The van der Waals surface area contributed by atoms with Gasteiger partial charge in [0.15, 0.2) is 0 Å². The van der Waals surface area contributed by atoms with Crippen molar-refractivity contribution in [2.24, 2.45) is 7.05 Å². The first-order valence-corrected chi connectivity index (χ1v) is 11.3. The van der Waals surface area contributed by atoms with Crippen molar-refractivity contribution in [2.75, 3.05) is 12.0 Å². The molecule has 7 nitrogen and oxygen atoms in total. The highest BCUT2D eigenvalue weighted by Gasteiger charge is 2.24. The largest absolute Gasteiger partial charge is 0.497 e. The van der Waals surface area contributed by atoms with E-state index < -0.39 is 5.97 Å². The van der Waals surface area contributed by atoms with Crippen LogP contribution in [-0.4, -0.2) is 34.2 Å². The van der Waals surface area contributed by atoms with Crippen LogP contribution in [0.15, 0.2) is 66.9 Å². The van der Waals surface area contributed by atoms with Crippen molar-refractivity contribution in [3.8, 4) is 5.75 Å². The molecule has 4 rings (SSSR count). The fraction of sp³-hybridized carbons (Fsp3) is 0.259. The number of methoxy groups -OCH3 is 1. The van der Waals surface area contributed by atoms with Gasteiger partial charge in [-0.05, 0) is 67.9 Å². The molecule has 182 valence electrons. The molecule has 0 spiro atoms. The number of fused-ring (bicyclic) bond motifs is 1. The Balaban J connectivity index is 1.70. The topological polar surface area (TPSA) is 65.7 Å². The summed E-state index contributed by atoms with van der Waals surface area (Å²) in [7, 11) is 3.47. The van der Waals surface area contributed by atoms with Gasteiger partial charge >= 0.3 is 5.97 Å². The number of rotatable bonds is 8. The lowest BCUT2D eigenvalue weighted by atomic mass is 10.1. The van der Waals surface area contributed by atoms with Crippen molar-refractivity contribution < 1.29 is 23.5 Å². The predicted octanol–water partition coefficient (Wildman–Crippen LogP) is 4.93. The van der Waals surface area contributed by atoms with Gasteiger partial charge < -0.3 is 23.5 Å². The van der Waals surface area contributed by atoms with E-state index >= 15 is 0 Å². The molecule has 0 saturated heterocycles. The molecule has 0 aliphatic rings. The average molecular weight is 478 g/mol. The smallest absolute Gasteiger partial charge is 0.355 e. The number of nitrogens with zero attached hydrogens (tertiary/aromatic N) is 3. The summed E-state index contributed by atoms with van der Waals surface area (Å²) in [6.45, 7) is 3.73. The third-order valence-electron chi connectivity index (χ3n) is 5.74. The van der Waals surface area contributed by atoms with Crippen molar-refractivity contribution >= 4 is 28.6 Å². The fourth-order valence-electron chi connectivity index (χ4n) is 3.96. The molecule has 0 N–H and O–H groups in total. The number of anilines is 1. The Labute approximate surface area is 203 Å². The molecule has 4 aromatic rings. The molecule has 0 saturated carbocycles. The number of halogens is 1. The lowest BCUT2D eigenvalue weighted by molar-refractivity contribution is -0.119. The van der Waals surface area contributed by atoms with Crippen LogP contribution in [0, 0.1) is 5.82 Å². The normalized spacial score (nSPS) is 11.1. The minimum absolute atomic E-state index is 0.0937. The molecule has 0 aliphatic carbocycles. The summed E-state index contributed by atoms with van der Waals surface area (Å²) in [6, 6.07) is 16.8. The van der Waals surface area contributed by atoms with Crippen molar-refractivity contribution in [2.45, 2.75) is 33.0 Å². The van der Waals surface area contributed by atoms with E-state index in [4.69, 9.17) is 9.47 Å². The number of benzene rings is 2. The van der Waals surface area contributed by atoms with Gasteiger partial charge in [-0.25, -0.2) is 9.18 Å². The molecule has 2 aromatic heterocycles. The first-order valence-electron chi connectivity index (χ1n) is 11.3. The third-order valence-corrected chi connectivity index (χ3v) is 5.74. The van der Waals surface area contributed by atoms with Crippen LogP contribution >= 0.6 is 0 Å². The molecular weight excluding hydrogens is 449 g/mol. The second kappa shape index (κ2) is 10.0. The number of carbonyl (C=O) groups excluding carboxylic acids is 2. The van der Waals surface area contributed by atoms with Crippen molar-refractivity contribution in [3.63, 3.8) is 0 Å². The van der Waals surface area contributed by atoms with Crippen molar-refractivity contribution in [1.29, 1.82) is 0 Å². The third kappa shape index (κ3) is 5.21. The van der Waals surface area contributed by atoms with Crippen LogP contribution in [0.1, 0.15) is 29.9 Å². The van der Waals surface area contributed by atoms with Gasteiger partial charge in [0.25, 0.3) is 0 Å². The van der Waals surface area contributed by atoms with Crippen molar-refractivity contribution in [1.82, 2.24) is 9.13 Å². The van der Waals surface area contributed by atoms with Gasteiger partial charge in [-0.3, -0.25) is 4.79 Å². The first kappa shape index (κ1) is 24.1. The number of carbonyl (C=O) groups is 2. The molecule has 0 bridgehead atoms. The molecule has 0 radical (unpaired) electrons. The molecule has 8 heteroatoms. The first-order chi connectivity index (χ1) is 16.8. The molecule has 0 unspecified atom stereocenters. The van der Waals surface area contributed by atoms with Crippen LogP contribution < -0.4 is 9.64 Å². The number of amides is 1. The quantitative estimate of drug-likeness (QED) is 0.338. The zero-order chi connectivity index (χ0) is 25.1. The maximum Gasteiger partial charge on any atom is 0.355 e. The van der Waals surface area contributed by atoms with Gasteiger partial charge in [0.2, 0.25) is 5.91 Å². The van der Waals surface area contributed by atoms with E-state index in [0.717, 1.165) is 16.6 Å². The molecule has 35 heavy (non-hydrogen) atoms. The molecular formula is C27H28FN3O4. The summed E-state index contributed by atoms with van der Waals surface area (Å²) in [6.07, 6.45) is 1.58. The predicted molar refractivity (Wildman–Crippen MR) is 132 cm³/mol. The van der Waals surface area contributed by atoms with Gasteiger partial charge in [-0.2, -0.15) is 0 Å². The highest BCUT2D eigenvalue weighted by molar-refractivity contribution is 5.98. The summed E-state index contributed by atoms with van der Waals surface area (Å²) >= 11 is 0. The highest BCUT2D eigenvalue weighted by atomic mass is 19.1. The SMILES string of the molecule is COc1ccc(CN(C(=O)Cn2c(C(=O)OC(C)C)cc3c2ccn3C)c2ccc(F)cc2)cc1. The average Bonchev–Trinajstić information content (AvgIpc) is 3.38. The Morgan fingerprint density at radius 2 is 1.69 bits per heavy atom. The van der Waals surface area contributed by atoms with Gasteiger partial charge in [0.1, 0.15) is 23.8 Å². The van der Waals surface area contributed by atoms with Crippen LogP contribution in [0.4, 0.5) is 10.1 Å². The maximum absolute atomic E-state index is 13.7. The Bertz CT molecular complexity index is 1340. The Kier molecular flexibility index (Phi) is 6.91. The van der Waals surface area contributed by atoms with Gasteiger partial charge in [-0.1, -0.05) is 12.1 Å². The summed E-state index contributed by atoms with van der Waals surface area (Å²) in [5, 5.41) is 0. The number of aromatic nitrogens is 2. The van der Waals surface area contributed by atoms with E-state index in [1.165, 1.54) is 12.1 Å². The minimum atomic E-state index is -0.493. The second-order valence-electron chi connectivity index (χ2n) is 8.57. The van der Waals surface area contributed by atoms with E-state index in [-0.39, 0.29) is 30.9 Å². The van der Waals surface area contributed by atoms with Crippen LogP contribution in [0.2, 0.25) is 0 Å². The van der Waals surface area contributed by atoms with E-state index in [1.54, 1.807) is 48.6 Å². The molecule has 0 aliphatic heterocycles. The lowest BCUT2D eigenvalue weighted by Gasteiger charge is -2.24. The fourth-order valence-corrected chi connectivity index (χ4v) is 3.96. The number of hydrogen-bond donors (Lipinski definition) is 0. The Hall–Kier alpha value is -4.07. The van der Waals surface area contributed by atoms with Gasteiger partial charge in [0, 0.05) is 18.9 Å². The van der Waals surface area contributed by atoms with Gasteiger partial charge in [-0.15, -0.1) is 0 Å². The minimum Gasteiger partial charge on any atom is -0.497 e. The molecule has 2 aromatic carbocycles. The summed E-state index contributed by atoms with van der Waals surface area (Å²) in [5.74, 6) is -0.430. The van der Waals surface area contributed by atoms with Crippen LogP contribution in [0.5, 0.6) is 5.75 Å². The van der Waals surface area contributed by atoms with Gasteiger partial charge in [0.05, 0.1) is 30.8 Å². The van der Waals surface area contributed by atoms with E-state index in [9.17, 15) is 14.0 Å². The summed E-state index contributed by atoms with van der Waals surface area (Å²) < 4.78 is 27.8. The standard InChI is InChI=1S/C27H28FN3O4/c1-18(2)35-27(33)25-15-24-23(13-14-29(24)3)31(25)17-26(32)30(21-9-7-20(28)8-10-21)16-19-5-11-22(34-4)12-6-19/h5-15,18H,16-17H2,1-4H3. The Morgan fingerprint density at radius 1 is 1.00 bits per heavy atom. The number of esters is 1. The zero-order valence-electron chi connectivity index (χ0n) is 20.2. The van der Waals surface area contributed by atoms with Crippen LogP contribution in [-0.2, 0) is 29.7 Å². The number of ether oxygens (including phenoxy) is 2. The Morgan fingerprint density at radius 3 is 2.31 bits per heavy atom. The second-order valence-corrected chi connectivity index (χ2v) is 8.57. The maximum atomic E-state index is 13.7. The van der Waals surface area contributed by atoms with E-state index in [2.05, 4.69) is 0 Å². The molecule has 1 amide bonds. The van der Waals surface area contributed by atoms with E-state index in [1.807, 2.05) is 48.1 Å². The van der Waals surface area contributed by atoms with E-state index in [0.29, 0.717) is 17.1 Å². The van der Waals surface area contributed by atoms with Crippen LogP contribution in [0.25, 0.3) is 11.0 Å². The monoisotopic (exact) mass is 477 g/mol.